The third-order valence-corrected chi connectivity index (χ3v) is 11.8. The van der Waals surface area contributed by atoms with Gasteiger partial charge in [0.1, 0.15) is 0 Å². The molecule has 0 atom stereocenters. The lowest BCUT2D eigenvalue weighted by Crippen LogP contribution is -2.44. The van der Waals surface area contributed by atoms with Gasteiger partial charge in [0.05, 0.1) is 51.4 Å². The Balaban J connectivity index is 5.29. The molecule has 0 bridgehead atoms. The number of hydrogen-bond donors (Lipinski definition) is 0. The Labute approximate surface area is 313 Å². The molecule has 0 N–H and O–H groups in total. The molecule has 0 aromatic rings. The lowest BCUT2D eigenvalue weighted by molar-refractivity contribution is -0.304. The molecule has 0 saturated heterocycles. The predicted molar refractivity (Wildman–Crippen MR) is 151 cm³/mol. The van der Waals surface area contributed by atoms with Crippen molar-refractivity contribution >= 4 is 8.56 Å². The van der Waals surface area contributed by atoms with Gasteiger partial charge in [0, 0.05) is 27.1 Å². The van der Waals surface area contributed by atoms with Crippen molar-refractivity contribution in [1.82, 2.24) is 0 Å². The van der Waals surface area contributed by atoms with Gasteiger partial charge in [-0.25, -0.2) is 70.2 Å². The molecule has 0 aromatic carbocycles. The topological polar surface area (TPSA) is 18.5 Å². The van der Waals surface area contributed by atoms with Gasteiger partial charge in [-0.1, -0.05) is 6.42 Å². The highest BCUT2D eigenvalue weighted by Gasteiger charge is 2.65. The zero-order chi connectivity index (χ0) is 46.5. The SMILES string of the molecule is CO[Si](CCCCC(F)(F)CC(F)(F)CC(F)(F)CC(F)(F)CC(F)(F)C(F)(F)F)(CCCC(F)(F)CC(F)(F)CC(F)(F)CC(F)(F)CC(F)(F)C(F)(F)F)OC. The van der Waals surface area contributed by atoms with E-state index in [0.29, 0.717) is 0 Å². The summed E-state index contributed by atoms with van der Waals surface area (Å²) in [5, 5.41) is 0. The number of halogens is 26. The van der Waals surface area contributed by atoms with Crippen molar-refractivity contribution in [3.05, 3.63) is 0 Å². The molecule has 0 amide bonds. The Kier molecular flexibility index (Phi) is 18.2. The van der Waals surface area contributed by atoms with Crippen LogP contribution in [0.25, 0.3) is 0 Å². The summed E-state index contributed by atoms with van der Waals surface area (Å²) in [6.45, 7) is 0. The van der Waals surface area contributed by atoms with Gasteiger partial charge in [0.25, 0.3) is 47.4 Å². The Bertz CT molecular complexity index is 1260. The number of rotatable bonds is 27. The van der Waals surface area contributed by atoms with Gasteiger partial charge < -0.3 is 8.85 Å². The fourth-order valence-electron chi connectivity index (χ4n) is 5.68. The molecule has 0 unspecified atom stereocenters. The molecule has 0 aromatic heterocycles. The standard InChI is InChI=1S/C29H36F26O2Si/c1-56-58(57-2,9-5-7-19(32,33)11-21(36,37)13-23(40,41)15-25(44,45)17-27(48,49)29(53,54)55)8-4-3-6-18(30,31)10-20(34,35)12-22(38,39)14-24(42,43)16-26(46,47)28(50,51)52/h3-17H2,1-2H3. The Hall–Kier alpha value is -1.68. The molecular formula is C29H36F26O2Si. The zero-order valence-electron chi connectivity index (χ0n) is 29.8. The highest BCUT2D eigenvalue weighted by Crippen LogP contribution is 2.50. The van der Waals surface area contributed by atoms with Crippen molar-refractivity contribution in [1.29, 1.82) is 0 Å². The van der Waals surface area contributed by atoms with Crippen LogP contribution in [0.5, 0.6) is 0 Å². The molecule has 0 heterocycles. The van der Waals surface area contributed by atoms with Crippen LogP contribution < -0.4 is 0 Å². The van der Waals surface area contributed by atoms with E-state index in [1.165, 1.54) is 0 Å². The van der Waals surface area contributed by atoms with E-state index < -0.39 is 176 Å². The highest BCUT2D eigenvalue weighted by molar-refractivity contribution is 6.67. The minimum Gasteiger partial charge on any atom is -0.398 e. The van der Waals surface area contributed by atoms with E-state index in [0.717, 1.165) is 14.2 Å². The van der Waals surface area contributed by atoms with Crippen LogP contribution in [0, 0.1) is 0 Å². The predicted octanol–water partition coefficient (Wildman–Crippen LogP) is 14.3. The smallest absolute Gasteiger partial charge is 0.398 e. The van der Waals surface area contributed by atoms with Gasteiger partial charge in [0.2, 0.25) is 0 Å². The first-order valence-electron chi connectivity index (χ1n) is 16.2. The van der Waals surface area contributed by atoms with E-state index in [9.17, 15) is 114 Å². The third-order valence-electron chi connectivity index (χ3n) is 8.09. The largest absolute Gasteiger partial charge is 0.453 e. The summed E-state index contributed by atoms with van der Waals surface area (Å²) < 4.78 is 358. The van der Waals surface area contributed by atoms with Crippen molar-refractivity contribution in [3.63, 3.8) is 0 Å². The van der Waals surface area contributed by atoms with Gasteiger partial charge in [0.15, 0.2) is 0 Å². The van der Waals surface area contributed by atoms with Crippen LogP contribution in [0.15, 0.2) is 0 Å². The van der Waals surface area contributed by atoms with E-state index in [1.54, 1.807) is 0 Å². The van der Waals surface area contributed by atoms with E-state index in [-0.39, 0.29) is 0 Å². The summed E-state index contributed by atoms with van der Waals surface area (Å²) in [7, 11) is -1.99. The maximum atomic E-state index is 14.4. The Morgan fingerprint density at radius 3 is 0.776 bits per heavy atom. The molecule has 2 nitrogen and oxygen atoms in total. The Morgan fingerprint density at radius 1 is 0.293 bits per heavy atom. The van der Waals surface area contributed by atoms with Crippen LogP contribution in [0.3, 0.4) is 0 Å². The molecule has 0 aliphatic heterocycles. The van der Waals surface area contributed by atoms with E-state index in [4.69, 9.17) is 8.85 Å². The molecule has 58 heavy (non-hydrogen) atoms. The average molecular weight is 939 g/mol. The monoisotopic (exact) mass is 938 g/mol. The summed E-state index contributed by atoms with van der Waals surface area (Å²) in [5.74, 6) is -54.1. The third kappa shape index (κ3) is 20.3. The van der Waals surface area contributed by atoms with Crippen molar-refractivity contribution in [2.45, 2.75) is 167 Å². The van der Waals surface area contributed by atoms with Crippen LogP contribution in [0.2, 0.25) is 12.1 Å². The molecule has 29 heteroatoms. The van der Waals surface area contributed by atoms with Crippen molar-refractivity contribution in [3.8, 4) is 0 Å². The summed E-state index contributed by atoms with van der Waals surface area (Å²) >= 11 is 0. The van der Waals surface area contributed by atoms with E-state index in [1.807, 2.05) is 0 Å². The number of hydrogen-bond acceptors (Lipinski definition) is 2. The first-order chi connectivity index (χ1) is 25.2. The first-order valence-corrected chi connectivity index (χ1v) is 18.4. The average Bonchev–Trinajstić information content (AvgIpc) is 2.87. The number of unbranched alkanes of at least 4 members (excludes halogenated alkanes) is 1. The maximum Gasteiger partial charge on any atom is 0.453 e. The summed E-state index contributed by atoms with van der Waals surface area (Å²) in [5.41, 5.74) is 0. The molecule has 0 rings (SSSR count). The van der Waals surface area contributed by atoms with Crippen LogP contribution in [0.1, 0.15) is 83.5 Å². The van der Waals surface area contributed by atoms with Crippen LogP contribution in [-0.4, -0.2) is 94.4 Å². The summed E-state index contributed by atoms with van der Waals surface area (Å²) in [6, 6.07) is -1.04. The van der Waals surface area contributed by atoms with E-state index >= 15 is 0 Å². The fraction of sp³-hybridized carbons (Fsp3) is 1.00. The lowest BCUT2D eigenvalue weighted by Gasteiger charge is -2.31. The molecule has 0 saturated carbocycles. The second kappa shape index (κ2) is 18.7. The van der Waals surface area contributed by atoms with E-state index in [2.05, 4.69) is 0 Å². The highest BCUT2D eigenvalue weighted by atomic mass is 28.4. The molecule has 0 spiro atoms. The first kappa shape index (κ1) is 56.3. The van der Waals surface area contributed by atoms with Crippen molar-refractivity contribution < 1.29 is 123 Å². The van der Waals surface area contributed by atoms with Crippen molar-refractivity contribution in [2.24, 2.45) is 0 Å². The van der Waals surface area contributed by atoms with Gasteiger partial charge >= 0.3 is 32.8 Å². The minimum atomic E-state index is -6.63. The van der Waals surface area contributed by atoms with Crippen LogP contribution in [-0.2, 0) is 8.85 Å². The molecule has 0 radical (unpaired) electrons. The molecule has 0 aliphatic rings. The molecule has 350 valence electrons. The van der Waals surface area contributed by atoms with Gasteiger partial charge in [-0.15, -0.1) is 0 Å². The molecular weight excluding hydrogens is 902 g/mol. The van der Waals surface area contributed by atoms with Crippen LogP contribution >= 0.6 is 0 Å². The second-order valence-electron chi connectivity index (χ2n) is 14.0. The number of alkyl halides is 26. The fourth-order valence-corrected chi connectivity index (χ4v) is 8.42. The van der Waals surface area contributed by atoms with Gasteiger partial charge in [-0.2, -0.15) is 43.9 Å². The van der Waals surface area contributed by atoms with Crippen LogP contribution in [0.4, 0.5) is 114 Å². The quantitative estimate of drug-likeness (QED) is 0.0464. The molecule has 0 aliphatic carbocycles. The second-order valence-corrected chi connectivity index (χ2v) is 17.7. The zero-order valence-corrected chi connectivity index (χ0v) is 30.8. The Morgan fingerprint density at radius 2 is 0.517 bits per heavy atom. The van der Waals surface area contributed by atoms with Gasteiger partial charge in [-0.3, -0.25) is 0 Å². The minimum absolute atomic E-state index is 0.447. The summed E-state index contributed by atoms with van der Waals surface area (Å²) in [6.07, 6.45) is -44.0. The maximum absolute atomic E-state index is 14.4. The van der Waals surface area contributed by atoms with Crippen molar-refractivity contribution in [2.75, 3.05) is 14.2 Å². The molecule has 0 fully saturated rings. The van der Waals surface area contributed by atoms with Gasteiger partial charge in [-0.05, 0) is 24.9 Å². The lowest BCUT2D eigenvalue weighted by atomic mass is 9.95. The normalized spacial score (nSPS) is 15.7. The summed E-state index contributed by atoms with van der Waals surface area (Å²) in [4.78, 5) is 0.